The zero-order valence-electron chi connectivity index (χ0n) is 12.3. The van der Waals surface area contributed by atoms with Crippen molar-refractivity contribution >= 4 is 16.4 Å². The van der Waals surface area contributed by atoms with Crippen LogP contribution in [0.2, 0.25) is 0 Å². The molecule has 0 radical (unpaired) electrons. The Kier molecular flexibility index (Phi) is 2.06. The molecule has 0 saturated carbocycles. The highest BCUT2D eigenvalue weighted by molar-refractivity contribution is 5.94. The molecule has 22 heavy (non-hydrogen) atoms. The van der Waals surface area contributed by atoms with Gasteiger partial charge in [0.25, 0.3) is 0 Å². The molecule has 0 atom stereocenters. The third-order valence-electron chi connectivity index (χ3n) is 4.35. The number of nitrogens with zero attached hydrogens (tertiary/aromatic N) is 3. The van der Waals surface area contributed by atoms with Gasteiger partial charge in [-0.1, -0.05) is 24.3 Å². The molecule has 4 heteroatoms. The summed E-state index contributed by atoms with van der Waals surface area (Å²) in [6, 6.07) is 12.4. The van der Waals surface area contributed by atoms with Crippen LogP contribution in [0.4, 0.5) is 0 Å². The van der Waals surface area contributed by atoms with Crippen molar-refractivity contribution in [1.82, 2.24) is 14.4 Å². The summed E-state index contributed by atoms with van der Waals surface area (Å²) in [4.78, 5) is 9.15. The van der Waals surface area contributed by atoms with Gasteiger partial charge in [0.05, 0.1) is 5.56 Å². The third-order valence-corrected chi connectivity index (χ3v) is 4.35. The summed E-state index contributed by atoms with van der Waals surface area (Å²) in [6.07, 6.45) is 1.81. The predicted octanol–water partition coefficient (Wildman–Crippen LogP) is 4.27. The van der Waals surface area contributed by atoms with E-state index in [2.05, 4.69) is 47.2 Å². The number of benzene rings is 2. The smallest absolute Gasteiger partial charge is 0.229 e. The molecule has 4 aromatic rings. The Morgan fingerprint density at radius 3 is 2.86 bits per heavy atom. The van der Waals surface area contributed by atoms with Crippen molar-refractivity contribution in [2.75, 3.05) is 0 Å². The van der Waals surface area contributed by atoms with Gasteiger partial charge < -0.3 is 4.74 Å². The minimum Gasteiger partial charge on any atom is -0.437 e. The average molecular weight is 287 g/mol. The molecule has 0 fully saturated rings. The molecule has 0 saturated heterocycles. The predicted molar refractivity (Wildman–Crippen MR) is 85.5 cm³/mol. The second-order valence-corrected chi connectivity index (χ2v) is 5.67. The molecule has 0 amide bonds. The van der Waals surface area contributed by atoms with Gasteiger partial charge in [0.15, 0.2) is 5.82 Å². The van der Waals surface area contributed by atoms with Crippen LogP contribution in [0.1, 0.15) is 11.3 Å². The molecule has 0 N–H and O–H groups in total. The maximum atomic E-state index is 6.22. The van der Waals surface area contributed by atoms with E-state index in [1.807, 2.05) is 17.4 Å². The fourth-order valence-corrected chi connectivity index (χ4v) is 3.30. The van der Waals surface area contributed by atoms with Crippen molar-refractivity contribution in [2.45, 2.75) is 13.8 Å². The van der Waals surface area contributed by atoms with Gasteiger partial charge in [-0.2, -0.15) is 0 Å². The Bertz CT molecular complexity index is 1080. The van der Waals surface area contributed by atoms with Gasteiger partial charge in [0.1, 0.15) is 17.1 Å². The van der Waals surface area contributed by atoms with Gasteiger partial charge in [-0.25, -0.2) is 14.4 Å². The summed E-state index contributed by atoms with van der Waals surface area (Å²) in [7, 11) is 0. The first-order chi connectivity index (χ1) is 10.7. The Morgan fingerprint density at radius 1 is 1.09 bits per heavy atom. The minimum absolute atomic E-state index is 0.768. The number of hydrogen-bond acceptors (Lipinski definition) is 3. The summed E-state index contributed by atoms with van der Waals surface area (Å²) in [5.41, 5.74) is 3.91. The molecule has 106 valence electrons. The van der Waals surface area contributed by atoms with E-state index in [0.29, 0.717) is 0 Å². The van der Waals surface area contributed by atoms with Crippen LogP contribution in [0.25, 0.3) is 27.8 Å². The van der Waals surface area contributed by atoms with Gasteiger partial charge in [0, 0.05) is 11.8 Å². The lowest BCUT2D eigenvalue weighted by atomic mass is 9.99. The van der Waals surface area contributed by atoms with Crippen molar-refractivity contribution < 1.29 is 4.74 Å². The van der Waals surface area contributed by atoms with E-state index >= 15 is 0 Å². The Labute approximate surface area is 127 Å². The van der Waals surface area contributed by atoms with E-state index < -0.39 is 0 Å². The molecule has 0 aliphatic carbocycles. The number of hydrogen-bond donors (Lipinski definition) is 0. The van der Waals surface area contributed by atoms with Crippen LogP contribution >= 0.6 is 0 Å². The van der Waals surface area contributed by atoms with Crippen molar-refractivity contribution in [2.24, 2.45) is 0 Å². The monoisotopic (exact) mass is 287 g/mol. The fourth-order valence-electron chi connectivity index (χ4n) is 3.30. The quantitative estimate of drug-likeness (QED) is 0.427. The van der Waals surface area contributed by atoms with E-state index in [0.717, 1.165) is 39.9 Å². The summed E-state index contributed by atoms with van der Waals surface area (Å²) in [5, 5.41) is 2.40. The van der Waals surface area contributed by atoms with Gasteiger partial charge in [-0.15, -0.1) is 0 Å². The number of aryl methyl sites for hydroxylation is 2. The van der Waals surface area contributed by atoms with Crippen molar-refractivity contribution in [3.8, 4) is 23.0 Å². The van der Waals surface area contributed by atoms with E-state index in [9.17, 15) is 0 Å². The maximum Gasteiger partial charge on any atom is 0.229 e. The standard InChI is InChI=1S/C18H13N3O/c1-10-13-6-4-3-5-12(13)9-14-16(10)22-18-11(2)20-15-7-8-19-17(14)21(15)18/h3-9H,1-2H3. The Morgan fingerprint density at radius 2 is 1.95 bits per heavy atom. The lowest BCUT2D eigenvalue weighted by molar-refractivity contribution is 0.444. The molecular formula is C18H13N3O. The Balaban J connectivity index is 1.98. The van der Waals surface area contributed by atoms with Crippen LogP contribution in [0.3, 0.4) is 0 Å². The van der Waals surface area contributed by atoms with Crippen molar-refractivity contribution in [3.63, 3.8) is 0 Å². The lowest BCUT2D eigenvalue weighted by Crippen LogP contribution is -2.06. The second-order valence-electron chi connectivity index (χ2n) is 5.67. The van der Waals surface area contributed by atoms with E-state index in [4.69, 9.17) is 4.74 Å². The molecule has 0 unspecified atom stereocenters. The molecule has 0 spiro atoms. The molecule has 2 aromatic heterocycles. The van der Waals surface area contributed by atoms with Crippen LogP contribution in [0, 0.1) is 13.8 Å². The molecule has 2 aromatic carbocycles. The zero-order valence-corrected chi connectivity index (χ0v) is 12.3. The molecule has 1 aliphatic rings. The molecule has 1 aliphatic heterocycles. The topological polar surface area (TPSA) is 39.4 Å². The second kappa shape index (κ2) is 3.85. The van der Waals surface area contributed by atoms with Crippen LogP contribution < -0.4 is 4.74 Å². The first kappa shape index (κ1) is 11.7. The van der Waals surface area contributed by atoms with Gasteiger partial charge >= 0.3 is 0 Å². The molecule has 0 bridgehead atoms. The molecule has 3 heterocycles. The summed E-state index contributed by atoms with van der Waals surface area (Å²) in [6.45, 7) is 4.07. The third kappa shape index (κ3) is 1.32. The molecular weight excluding hydrogens is 274 g/mol. The highest BCUT2D eigenvalue weighted by atomic mass is 16.5. The summed E-state index contributed by atoms with van der Waals surface area (Å²) < 4.78 is 8.21. The SMILES string of the molecule is Cc1nc2ccnc3n2c1Oc1c-3cc2ccccc2c1C. The first-order valence-electron chi connectivity index (χ1n) is 7.28. The van der Waals surface area contributed by atoms with E-state index in [1.165, 1.54) is 10.8 Å². The molecule has 5 rings (SSSR count). The number of aromatic nitrogens is 3. The number of fused-ring (bicyclic) bond motifs is 3. The lowest BCUT2D eigenvalue weighted by Gasteiger charge is -2.21. The summed E-state index contributed by atoms with van der Waals surface area (Å²) in [5.74, 6) is 2.54. The first-order valence-corrected chi connectivity index (χ1v) is 7.28. The van der Waals surface area contributed by atoms with Crippen LogP contribution in [-0.2, 0) is 0 Å². The number of ether oxygens (including phenoxy) is 1. The number of imidazole rings is 1. The minimum atomic E-state index is 0.768. The van der Waals surface area contributed by atoms with Crippen molar-refractivity contribution in [1.29, 1.82) is 0 Å². The van der Waals surface area contributed by atoms with Gasteiger partial charge in [-0.3, -0.25) is 0 Å². The molecule has 4 nitrogen and oxygen atoms in total. The van der Waals surface area contributed by atoms with Crippen LogP contribution in [0.5, 0.6) is 11.6 Å². The van der Waals surface area contributed by atoms with Crippen molar-refractivity contribution in [3.05, 3.63) is 53.9 Å². The van der Waals surface area contributed by atoms with Gasteiger partial charge in [0.2, 0.25) is 5.88 Å². The van der Waals surface area contributed by atoms with Crippen LogP contribution in [0.15, 0.2) is 42.6 Å². The zero-order chi connectivity index (χ0) is 14.8. The highest BCUT2D eigenvalue weighted by Crippen LogP contribution is 2.44. The van der Waals surface area contributed by atoms with Crippen LogP contribution in [-0.4, -0.2) is 14.4 Å². The largest absolute Gasteiger partial charge is 0.437 e. The Hall–Kier alpha value is -2.88. The number of rotatable bonds is 0. The maximum absolute atomic E-state index is 6.22. The highest BCUT2D eigenvalue weighted by Gasteiger charge is 2.26. The normalized spacial score (nSPS) is 12.5. The summed E-state index contributed by atoms with van der Waals surface area (Å²) >= 11 is 0. The van der Waals surface area contributed by atoms with Gasteiger partial charge in [-0.05, 0) is 36.8 Å². The fraction of sp³-hybridized carbons (Fsp3) is 0.111. The van der Waals surface area contributed by atoms with E-state index in [1.54, 1.807) is 6.20 Å². The average Bonchev–Trinajstić information content (AvgIpc) is 2.86. The van der Waals surface area contributed by atoms with E-state index in [-0.39, 0.29) is 0 Å².